The molecule has 0 saturated carbocycles. The molecule has 6 nitrogen and oxygen atoms in total. The SMILES string of the molecule is CC(C)(C)n1cc(NC(=O)C2CC(=O)N(CCc3ccccc3)C2)cn1. The average molecular weight is 354 g/mol. The van der Waals surface area contributed by atoms with Crippen molar-refractivity contribution in [3.05, 3.63) is 48.3 Å². The van der Waals surface area contributed by atoms with E-state index in [0.29, 0.717) is 18.8 Å². The van der Waals surface area contributed by atoms with Gasteiger partial charge in [0, 0.05) is 25.7 Å². The third kappa shape index (κ3) is 4.31. The number of rotatable bonds is 5. The molecule has 1 aliphatic rings. The van der Waals surface area contributed by atoms with E-state index in [2.05, 4.69) is 22.5 Å². The van der Waals surface area contributed by atoms with E-state index in [1.165, 1.54) is 5.56 Å². The predicted molar refractivity (Wildman–Crippen MR) is 101 cm³/mol. The standard InChI is InChI=1S/C20H26N4O2/c1-20(2,3)24-14-17(12-21-24)22-19(26)16-11-18(25)23(13-16)10-9-15-7-5-4-6-8-15/h4-8,12,14,16H,9-11,13H2,1-3H3,(H,22,26). The van der Waals surface area contributed by atoms with Crippen LogP contribution in [0.25, 0.3) is 0 Å². The predicted octanol–water partition coefficient (Wildman–Crippen LogP) is 2.67. The molecule has 0 aliphatic carbocycles. The van der Waals surface area contributed by atoms with Crippen LogP contribution in [0, 0.1) is 5.92 Å². The smallest absolute Gasteiger partial charge is 0.229 e. The van der Waals surface area contributed by atoms with Gasteiger partial charge in [-0.1, -0.05) is 30.3 Å². The largest absolute Gasteiger partial charge is 0.342 e. The zero-order valence-electron chi connectivity index (χ0n) is 15.6. The van der Waals surface area contributed by atoms with Gasteiger partial charge in [0.15, 0.2) is 0 Å². The molecule has 1 aliphatic heterocycles. The highest BCUT2D eigenvalue weighted by Crippen LogP contribution is 2.21. The number of aromatic nitrogens is 2. The van der Waals surface area contributed by atoms with E-state index in [1.54, 1.807) is 11.1 Å². The Bertz CT molecular complexity index is 777. The van der Waals surface area contributed by atoms with Crippen LogP contribution in [0.2, 0.25) is 0 Å². The summed E-state index contributed by atoms with van der Waals surface area (Å²) in [5.41, 5.74) is 1.73. The number of likely N-dealkylation sites (tertiary alicyclic amines) is 1. The number of hydrogen-bond donors (Lipinski definition) is 1. The van der Waals surface area contributed by atoms with Gasteiger partial charge in [0.25, 0.3) is 0 Å². The summed E-state index contributed by atoms with van der Waals surface area (Å²) >= 11 is 0. The van der Waals surface area contributed by atoms with Crippen molar-refractivity contribution in [1.29, 1.82) is 0 Å². The molecule has 26 heavy (non-hydrogen) atoms. The summed E-state index contributed by atoms with van der Waals surface area (Å²) < 4.78 is 1.81. The number of hydrogen-bond acceptors (Lipinski definition) is 3. The maximum absolute atomic E-state index is 12.5. The van der Waals surface area contributed by atoms with Crippen molar-refractivity contribution in [2.75, 3.05) is 18.4 Å². The topological polar surface area (TPSA) is 67.2 Å². The van der Waals surface area contributed by atoms with Crippen molar-refractivity contribution in [3.63, 3.8) is 0 Å². The fourth-order valence-corrected chi connectivity index (χ4v) is 3.07. The summed E-state index contributed by atoms with van der Waals surface area (Å²) in [7, 11) is 0. The second kappa shape index (κ2) is 7.32. The molecule has 3 rings (SSSR count). The Morgan fingerprint density at radius 1 is 1.27 bits per heavy atom. The van der Waals surface area contributed by atoms with Crippen molar-refractivity contribution >= 4 is 17.5 Å². The van der Waals surface area contributed by atoms with Crippen LogP contribution in [0.1, 0.15) is 32.8 Å². The highest BCUT2D eigenvalue weighted by molar-refractivity contribution is 5.97. The van der Waals surface area contributed by atoms with Gasteiger partial charge in [0.05, 0.1) is 23.3 Å². The number of benzene rings is 1. The molecule has 138 valence electrons. The van der Waals surface area contributed by atoms with Crippen molar-refractivity contribution in [2.45, 2.75) is 39.2 Å². The van der Waals surface area contributed by atoms with Crippen LogP contribution < -0.4 is 5.32 Å². The second-order valence-corrected chi connectivity index (χ2v) is 7.81. The minimum Gasteiger partial charge on any atom is -0.342 e. The van der Waals surface area contributed by atoms with Crippen LogP contribution >= 0.6 is 0 Å². The van der Waals surface area contributed by atoms with Crippen molar-refractivity contribution in [1.82, 2.24) is 14.7 Å². The first-order valence-electron chi connectivity index (χ1n) is 9.00. The Kier molecular flexibility index (Phi) is 5.11. The molecule has 1 fully saturated rings. The molecule has 2 heterocycles. The Hall–Kier alpha value is -2.63. The summed E-state index contributed by atoms with van der Waals surface area (Å²) in [5.74, 6) is -0.378. The lowest BCUT2D eigenvalue weighted by molar-refractivity contribution is -0.128. The highest BCUT2D eigenvalue weighted by atomic mass is 16.2. The molecule has 1 saturated heterocycles. The van der Waals surface area contributed by atoms with Gasteiger partial charge in [-0.25, -0.2) is 0 Å². The fraction of sp³-hybridized carbons (Fsp3) is 0.450. The molecule has 0 spiro atoms. The first-order valence-corrected chi connectivity index (χ1v) is 9.00. The van der Waals surface area contributed by atoms with Crippen molar-refractivity contribution < 1.29 is 9.59 Å². The molecule has 1 unspecified atom stereocenters. The summed E-state index contributed by atoms with van der Waals surface area (Å²) in [6, 6.07) is 10.1. The van der Waals surface area contributed by atoms with Crippen LogP contribution in [0.4, 0.5) is 5.69 Å². The van der Waals surface area contributed by atoms with E-state index in [0.717, 1.165) is 6.42 Å². The van der Waals surface area contributed by atoms with Gasteiger partial charge in [0.1, 0.15) is 0 Å². The van der Waals surface area contributed by atoms with E-state index >= 15 is 0 Å². The quantitative estimate of drug-likeness (QED) is 0.898. The van der Waals surface area contributed by atoms with E-state index in [-0.39, 0.29) is 29.7 Å². The van der Waals surface area contributed by atoms with Gasteiger partial charge in [-0.3, -0.25) is 14.3 Å². The summed E-state index contributed by atoms with van der Waals surface area (Å²) in [6.45, 7) is 7.27. The lowest BCUT2D eigenvalue weighted by Crippen LogP contribution is -2.30. The highest BCUT2D eigenvalue weighted by Gasteiger charge is 2.34. The molecule has 0 radical (unpaired) electrons. The molecule has 1 N–H and O–H groups in total. The number of nitrogens with one attached hydrogen (secondary N) is 1. The zero-order valence-corrected chi connectivity index (χ0v) is 15.6. The van der Waals surface area contributed by atoms with E-state index in [9.17, 15) is 9.59 Å². The number of amides is 2. The lowest BCUT2D eigenvalue weighted by Gasteiger charge is -2.18. The van der Waals surface area contributed by atoms with Gasteiger partial charge in [-0.05, 0) is 32.8 Å². The lowest BCUT2D eigenvalue weighted by atomic mass is 10.1. The van der Waals surface area contributed by atoms with E-state index in [4.69, 9.17) is 0 Å². The molecular weight excluding hydrogens is 328 g/mol. The third-order valence-electron chi connectivity index (χ3n) is 4.64. The first-order chi connectivity index (χ1) is 12.3. The molecule has 1 aromatic heterocycles. The van der Waals surface area contributed by atoms with Crippen LogP contribution in [-0.2, 0) is 21.5 Å². The van der Waals surface area contributed by atoms with Crippen molar-refractivity contribution in [2.24, 2.45) is 5.92 Å². The van der Waals surface area contributed by atoms with Crippen LogP contribution in [0.3, 0.4) is 0 Å². The molecule has 6 heteroatoms. The van der Waals surface area contributed by atoms with Gasteiger partial charge < -0.3 is 10.2 Å². The number of anilines is 1. The minimum atomic E-state index is -0.309. The Balaban J connectivity index is 1.54. The summed E-state index contributed by atoms with van der Waals surface area (Å²) in [4.78, 5) is 26.5. The van der Waals surface area contributed by atoms with E-state index < -0.39 is 0 Å². The monoisotopic (exact) mass is 354 g/mol. The Morgan fingerprint density at radius 3 is 2.65 bits per heavy atom. The van der Waals surface area contributed by atoms with Crippen molar-refractivity contribution in [3.8, 4) is 0 Å². The normalized spacial score (nSPS) is 17.6. The summed E-state index contributed by atoms with van der Waals surface area (Å²) in [5, 5.41) is 7.17. The van der Waals surface area contributed by atoms with Gasteiger partial charge in [-0.15, -0.1) is 0 Å². The van der Waals surface area contributed by atoms with Crippen LogP contribution in [0.5, 0.6) is 0 Å². The minimum absolute atomic E-state index is 0.0477. The molecule has 2 aromatic rings. The van der Waals surface area contributed by atoms with Gasteiger partial charge in [0.2, 0.25) is 11.8 Å². The molecule has 1 atom stereocenters. The average Bonchev–Trinajstić information content (AvgIpc) is 3.20. The Labute approximate surface area is 154 Å². The summed E-state index contributed by atoms with van der Waals surface area (Å²) in [6.07, 6.45) is 4.54. The maximum Gasteiger partial charge on any atom is 0.229 e. The number of carbonyl (C=O) groups is 2. The van der Waals surface area contributed by atoms with E-state index in [1.807, 2.05) is 49.8 Å². The molecular formula is C20H26N4O2. The third-order valence-corrected chi connectivity index (χ3v) is 4.64. The molecule has 0 bridgehead atoms. The van der Waals surface area contributed by atoms with Crippen LogP contribution in [-0.4, -0.2) is 39.6 Å². The zero-order chi connectivity index (χ0) is 18.7. The first kappa shape index (κ1) is 18.2. The number of nitrogens with zero attached hydrogens (tertiary/aromatic N) is 3. The number of carbonyl (C=O) groups excluding carboxylic acids is 2. The Morgan fingerprint density at radius 2 is 2.00 bits per heavy atom. The van der Waals surface area contributed by atoms with Crippen LogP contribution in [0.15, 0.2) is 42.7 Å². The molecule has 2 amide bonds. The fourth-order valence-electron chi connectivity index (χ4n) is 3.07. The van der Waals surface area contributed by atoms with Gasteiger partial charge >= 0.3 is 0 Å². The maximum atomic E-state index is 12.5. The van der Waals surface area contributed by atoms with Gasteiger partial charge in [-0.2, -0.15) is 5.10 Å². The molecule has 1 aromatic carbocycles. The second-order valence-electron chi connectivity index (χ2n) is 7.81.